The summed E-state index contributed by atoms with van der Waals surface area (Å²) in [6.07, 6.45) is 0. The van der Waals surface area contributed by atoms with Gasteiger partial charge in [-0.15, -0.1) is 0 Å². The van der Waals surface area contributed by atoms with Crippen molar-refractivity contribution in [2.75, 3.05) is 38.1 Å². The second kappa shape index (κ2) is 6.26. The minimum absolute atomic E-state index is 0.0179. The van der Waals surface area contributed by atoms with Gasteiger partial charge in [0.1, 0.15) is 0 Å². The number of likely N-dealkylation sites (N-methyl/N-ethyl adjacent to an activating group) is 1. The third kappa shape index (κ3) is 3.85. The number of anilines is 1. The molecule has 1 aromatic carbocycles. The molecule has 0 aromatic heterocycles. The Morgan fingerprint density at radius 2 is 2.05 bits per heavy atom. The van der Waals surface area contributed by atoms with Crippen LogP contribution in [0.3, 0.4) is 0 Å². The summed E-state index contributed by atoms with van der Waals surface area (Å²) in [6, 6.07) is 8.18. The van der Waals surface area contributed by atoms with Gasteiger partial charge < -0.3 is 15.1 Å². The summed E-state index contributed by atoms with van der Waals surface area (Å²) < 4.78 is 0. The third-order valence-electron chi connectivity index (χ3n) is 3.43. The predicted molar refractivity (Wildman–Crippen MR) is 78.8 cm³/mol. The van der Waals surface area contributed by atoms with Gasteiger partial charge in [-0.25, -0.2) is 0 Å². The third-order valence-corrected chi connectivity index (χ3v) is 3.68. The largest absolute Gasteiger partial charge is 0.364 e. The highest BCUT2D eigenvalue weighted by Gasteiger charge is 2.25. The van der Waals surface area contributed by atoms with E-state index in [-0.39, 0.29) is 5.91 Å². The molecule has 1 aromatic rings. The number of nitrogens with one attached hydrogen (secondary N) is 1. The lowest BCUT2D eigenvalue weighted by molar-refractivity contribution is -0.119. The van der Waals surface area contributed by atoms with E-state index < -0.39 is 0 Å². The Bertz CT molecular complexity index is 435. The van der Waals surface area contributed by atoms with Crippen molar-refractivity contribution in [1.82, 2.24) is 10.2 Å². The molecule has 0 saturated carbocycles. The first kappa shape index (κ1) is 14.2. The number of amides is 1. The Morgan fingerprint density at radius 1 is 1.37 bits per heavy atom. The highest BCUT2D eigenvalue weighted by molar-refractivity contribution is 6.30. The number of carbonyl (C=O) groups excluding carboxylic acids is 1. The number of carbonyl (C=O) groups is 1. The van der Waals surface area contributed by atoms with Gasteiger partial charge in [0, 0.05) is 43.8 Å². The highest BCUT2D eigenvalue weighted by Crippen LogP contribution is 2.22. The van der Waals surface area contributed by atoms with Gasteiger partial charge in [0.15, 0.2) is 0 Å². The maximum Gasteiger partial charge on any atom is 0.216 e. The predicted octanol–water partition coefficient (Wildman–Crippen LogP) is 1.60. The lowest BCUT2D eigenvalue weighted by Gasteiger charge is -2.41. The molecular formula is C14H20ClN3O. The fraction of sp³-hybridized carbons (Fsp3) is 0.500. The first-order valence-electron chi connectivity index (χ1n) is 6.51. The molecule has 1 heterocycles. The molecule has 1 N–H and O–H groups in total. The molecule has 0 bridgehead atoms. The van der Waals surface area contributed by atoms with Gasteiger partial charge in [0.2, 0.25) is 5.91 Å². The molecule has 1 saturated heterocycles. The average molecular weight is 282 g/mol. The van der Waals surface area contributed by atoms with Gasteiger partial charge >= 0.3 is 0 Å². The molecule has 2 rings (SSSR count). The Morgan fingerprint density at radius 3 is 2.68 bits per heavy atom. The van der Waals surface area contributed by atoms with Crippen LogP contribution in [0.5, 0.6) is 0 Å². The van der Waals surface area contributed by atoms with E-state index in [2.05, 4.69) is 22.2 Å². The van der Waals surface area contributed by atoms with E-state index in [1.165, 1.54) is 0 Å². The van der Waals surface area contributed by atoms with E-state index in [4.69, 9.17) is 11.6 Å². The number of benzene rings is 1. The maximum atomic E-state index is 11.1. The van der Waals surface area contributed by atoms with Crippen molar-refractivity contribution in [3.05, 3.63) is 29.3 Å². The molecule has 19 heavy (non-hydrogen) atoms. The molecule has 0 aliphatic carbocycles. The molecule has 1 fully saturated rings. The Kier molecular flexibility index (Phi) is 4.66. The lowest BCUT2D eigenvalue weighted by atomic mass is 10.1. The summed E-state index contributed by atoms with van der Waals surface area (Å²) in [5.41, 5.74) is 1.16. The fourth-order valence-corrected chi connectivity index (χ4v) is 2.55. The lowest BCUT2D eigenvalue weighted by Crippen LogP contribution is -2.56. The Balaban J connectivity index is 2.10. The van der Waals surface area contributed by atoms with Gasteiger partial charge in [0.05, 0.1) is 6.04 Å². The van der Waals surface area contributed by atoms with Gasteiger partial charge in [-0.05, 0) is 31.3 Å². The molecule has 0 spiro atoms. The quantitative estimate of drug-likeness (QED) is 0.914. The second-order valence-corrected chi connectivity index (χ2v) is 5.46. The first-order valence-corrected chi connectivity index (χ1v) is 6.89. The van der Waals surface area contributed by atoms with Crippen LogP contribution in [0.25, 0.3) is 0 Å². The maximum absolute atomic E-state index is 11.1. The number of hydrogen-bond acceptors (Lipinski definition) is 3. The van der Waals surface area contributed by atoms with Crippen LogP contribution in [0.4, 0.5) is 5.69 Å². The van der Waals surface area contributed by atoms with Crippen molar-refractivity contribution in [2.45, 2.75) is 13.0 Å². The second-order valence-electron chi connectivity index (χ2n) is 5.02. The van der Waals surface area contributed by atoms with Crippen LogP contribution < -0.4 is 10.2 Å². The van der Waals surface area contributed by atoms with Gasteiger partial charge in [-0.2, -0.15) is 0 Å². The number of halogens is 1. The van der Waals surface area contributed by atoms with Crippen LogP contribution in [0, 0.1) is 0 Å². The molecular weight excluding hydrogens is 262 g/mol. The van der Waals surface area contributed by atoms with Crippen molar-refractivity contribution >= 4 is 23.2 Å². The summed E-state index contributed by atoms with van der Waals surface area (Å²) >= 11 is 5.93. The van der Waals surface area contributed by atoms with E-state index in [1.807, 2.05) is 24.3 Å². The zero-order chi connectivity index (χ0) is 13.8. The van der Waals surface area contributed by atoms with E-state index in [0.717, 1.165) is 30.3 Å². The van der Waals surface area contributed by atoms with E-state index in [9.17, 15) is 4.79 Å². The zero-order valence-electron chi connectivity index (χ0n) is 11.4. The summed E-state index contributed by atoms with van der Waals surface area (Å²) in [6.45, 7) is 5.16. The average Bonchev–Trinajstić information content (AvgIpc) is 2.38. The Hall–Kier alpha value is -1.26. The summed E-state index contributed by atoms with van der Waals surface area (Å²) in [7, 11) is 2.11. The molecule has 1 amide bonds. The van der Waals surface area contributed by atoms with Crippen molar-refractivity contribution in [3.63, 3.8) is 0 Å². The van der Waals surface area contributed by atoms with Crippen molar-refractivity contribution in [2.24, 2.45) is 0 Å². The molecule has 4 nitrogen and oxygen atoms in total. The van der Waals surface area contributed by atoms with E-state index in [0.29, 0.717) is 12.6 Å². The van der Waals surface area contributed by atoms with Gasteiger partial charge in [0.25, 0.3) is 0 Å². The smallest absolute Gasteiger partial charge is 0.216 e. The van der Waals surface area contributed by atoms with Crippen LogP contribution in [0.1, 0.15) is 6.92 Å². The van der Waals surface area contributed by atoms with Gasteiger partial charge in [-0.1, -0.05) is 11.6 Å². The standard InChI is InChI=1S/C14H20ClN3O/c1-11(19)16-9-14-10-17(2)7-8-18(14)13-5-3-12(15)4-6-13/h3-6,14H,7-10H2,1-2H3,(H,16,19)/t14-/m0/s1. The molecule has 1 aliphatic rings. The highest BCUT2D eigenvalue weighted by atomic mass is 35.5. The molecule has 1 atom stereocenters. The molecule has 5 heteroatoms. The van der Waals surface area contributed by atoms with Crippen LogP contribution >= 0.6 is 11.6 Å². The minimum Gasteiger partial charge on any atom is -0.364 e. The van der Waals surface area contributed by atoms with Crippen LogP contribution in [0.2, 0.25) is 5.02 Å². The van der Waals surface area contributed by atoms with Gasteiger partial charge in [-0.3, -0.25) is 4.79 Å². The summed E-state index contributed by atoms with van der Waals surface area (Å²) in [4.78, 5) is 15.7. The number of piperazine rings is 1. The number of hydrogen-bond donors (Lipinski definition) is 1. The first-order chi connectivity index (χ1) is 9.06. The van der Waals surface area contributed by atoms with Crippen molar-refractivity contribution in [3.8, 4) is 0 Å². The van der Waals surface area contributed by atoms with Crippen LogP contribution in [0.15, 0.2) is 24.3 Å². The number of rotatable bonds is 3. The fourth-order valence-electron chi connectivity index (χ4n) is 2.42. The van der Waals surface area contributed by atoms with E-state index >= 15 is 0 Å². The monoisotopic (exact) mass is 281 g/mol. The van der Waals surface area contributed by atoms with Crippen molar-refractivity contribution in [1.29, 1.82) is 0 Å². The van der Waals surface area contributed by atoms with Crippen LogP contribution in [-0.2, 0) is 4.79 Å². The summed E-state index contributed by atoms with van der Waals surface area (Å²) in [5.74, 6) is 0.0179. The molecule has 0 radical (unpaired) electrons. The zero-order valence-corrected chi connectivity index (χ0v) is 12.2. The topological polar surface area (TPSA) is 35.6 Å². The molecule has 1 aliphatic heterocycles. The summed E-state index contributed by atoms with van der Waals surface area (Å²) in [5, 5.41) is 3.66. The molecule has 0 unspecified atom stereocenters. The van der Waals surface area contributed by atoms with Crippen LogP contribution in [-0.4, -0.2) is 50.1 Å². The Labute approximate surface area is 119 Å². The van der Waals surface area contributed by atoms with E-state index in [1.54, 1.807) is 6.92 Å². The normalized spacial score (nSPS) is 20.4. The minimum atomic E-state index is 0.0179. The number of nitrogens with zero attached hydrogens (tertiary/aromatic N) is 2. The SMILES string of the molecule is CC(=O)NC[C@H]1CN(C)CCN1c1ccc(Cl)cc1. The van der Waals surface area contributed by atoms with Crippen molar-refractivity contribution < 1.29 is 4.79 Å². The molecule has 104 valence electrons.